The van der Waals surface area contributed by atoms with Gasteiger partial charge in [-0.25, -0.2) is 4.98 Å². The Balaban J connectivity index is 1.30. The van der Waals surface area contributed by atoms with Gasteiger partial charge in [-0.1, -0.05) is 37.1 Å². The summed E-state index contributed by atoms with van der Waals surface area (Å²) in [6.07, 6.45) is 8.36. The molecule has 228 valence electrons. The van der Waals surface area contributed by atoms with Gasteiger partial charge in [-0.15, -0.1) is 0 Å². The third-order valence-corrected chi connectivity index (χ3v) is 8.24. The number of para-hydroxylation sites is 1. The van der Waals surface area contributed by atoms with Gasteiger partial charge in [0.05, 0.1) is 6.54 Å². The van der Waals surface area contributed by atoms with E-state index in [9.17, 15) is 19.2 Å². The zero-order chi connectivity index (χ0) is 30.0. The predicted molar refractivity (Wildman–Crippen MR) is 164 cm³/mol. The van der Waals surface area contributed by atoms with Gasteiger partial charge in [0.25, 0.3) is 5.91 Å². The van der Waals surface area contributed by atoms with Gasteiger partial charge >= 0.3 is 0 Å². The minimum Gasteiger partial charge on any atom is -0.368 e. The third-order valence-electron chi connectivity index (χ3n) is 8.24. The molecule has 11 nitrogen and oxygen atoms in total. The molecule has 5 N–H and O–H groups in total. The highest BCUT2D eigenvalue weighted by Crippen LogP contribution is 2.28. The summed E-state index contributed by atoms with van der Waals surface area (Å²) in [4.78, 5) is 61.8. The number of aromatic nitrogens is 2. The van der Waals surface area contributed by atoms with E-state index in [1.54, 1.807) is 23.1 Å². The molecule has 1 aliphatic carbocycles. The molecule has 0 spiro atoms. The fourth-order valence-electron chi connectivity index (χ4n) is 5.89. The van der Waals surface area contributed by atoms with Crippen LogP contribution in [0.1, 0.15) is 61.0 Å². The predicted octanol–water partition coefficient (Wildman–Crippen LogP) is 2.75. The highest BCUT2D eigenvalue weighted by molar-refractivity contribution is 5.97. The van der Waals surface area contributed by atoms with Crippen molar-refractivity contribution in [2.45, 2.75) is 57.4 Å². The number of amides is 4. The SMILES string of the molecule is O=C1CN(C(=O)CC2CCCC2)CCCCNC(=O)[C@H](Cc2c[nH]c3ccccc23)NC(=O)c2cccc(n2)NCCN1. The third kappa shape index (κ3) is 8.33. The van der Waals surface area contributed by atoms with Crippen molar-refractivity contribution in [1.29, 1.82) is 0 Å². The second-order valence-corrected chi connectivity index (χ2v) is 11.4. The lowest BCUT2D eigenvalue weighted by molar-refractivity contribution is -0.136. The molecule has 3 aromatic rings. The number of aromatic amines is 1. The molecule has 43 heavy (non-hydrogen) atoms. The van der Waals surface area contributed by atoms with Crippen LogP contribution in [0.3, 0.4) is 0 Å². The average Bonchev–Trinajstić information content (AvgIpc) is 3.68. The first-order chi connectivity index (χ1) is 21.0. The standard InChI is InChI=1S/C32H41N7O4/c40-29-21-39(30(41)18-22-8-1-2-9-22)17-6-5-14-35-31(42)27(19-23-20-36-25-11-4-3-10-24(23)25)38-32(43)26-12-7-13-28(37-26)33-15-16-34-29/h3-4,7,10-13,20,22,27,36H,1-2,5-6,8-9,14-19,21H2,(H,33,37)(H,34,40)(H,35,42)(H,38,43)/t27-/m0/s1. The van der Waals surface area contributed by atoms with Gasteiger partial charge in [0.15, 0.2) is 0 Å². The summed E-state index contributed by atoms with van der Waals surface area (Å²) < 4.78 is 0. The highest BCUT2D eigenvalue weighted by Gasteiger charge is 2.25. The van der Waals surface area contributed by atoms with E-state index in [0.717, 1.165) is 42.1 Å². The lowest BCUT2D eigenvalue weighted by atomic mass is 10.0. The van der Waals surface area contributed by atoms with Gasteiger partial charge in [0.2, 0.25) is 17.7 Å². The Morgan fingerprint density at radius 3 is 2.56 bits per heavy atom. The maximum atomic E-state index is 13.4. The average molecular weight is 588 g/mol. The maximum absolute atomic E-state index is 13.4. The number of hydrogen-bond acceptors (Lipinski definition) is 6. The number of pyridine rings is 1. The van der Waals surface area contributed by atoms with E-state index < -0.39 is 11.9 Å². The Hall–Kier alpha value is -4.41. The van der Waals surface area contributed by atoms with Crippen LogP contribution >= 0.6 is 0 Å². The Morgan fingerprint density at radius 1 is 0.884 bits per heavy atom. The zero-order valence-electron chi connectivity index (χ0n) is 24.5. The molecule has 1 fully saturated rings. The Kier molecular flexibility index (Phi) is 10.2. The highest BCUT2D eigenvalue weighted by atomic mass is 16.2. The van der Waals surface area contributed by atoms with Gasteiger partial charge in [0, 0.05) is 56.1 Å². The number of rotatable bonds is 4. The molecule has 1 atom stereocenters. The van der Waals surface area contributed by atoms with Crippen molar-refractivity contribution in [3.8, 4) is 0 Å². The molecule has 0 radical (unpaired) electrons. The number of anilines is 1. The zero-order valence-corrected chi connectivity index (χ0v) is 24.5. The molecule has 1 aliphatic heterocycles. The van der Waals surface area contributed by atoms with E-state index in [-0.39, 0.29) is 30.0 Å². The fourth-order valence-corrected chi connectivity index (χ4v) is 5.89. The van der Waals surface area contributed by atoms with Crippen LogP contribution in [0, 0.1) is 5.92 Å². The van der Waals surface area contributed by atoms with E-state index in [1.807, 2.05) is 30.5 Å². The van der Waals surface area contributed by atoms with Crippen molar-refractivity contribution in [3.63, 3.8) is 0 Å². The number of H-pyrrole nitrogens is 1. The molecule has 1 aromatic carbocycles. The van der Waals surface area contributed by atoms with Crippen molar-refractivity contribution in [2.24, 2.45) is 5.92 Å². The fraction of sp³-hybridized carbons (Fsp3) is 0.469. The maximum Gasteiger partial charge on any atom is 0.270 e. The number of hydrogen-bond donors (Lipinski definition) is 5. The first kappa shape index (κ1) is 30.1. The van der Waals surface area contributed by atoms with Crippen LogP contribution in [0.4, 0.5) is 5.82 Å². The number of fused-ring (bicyclic) bond motifs is 3. The lowest BCUT2D eigenvalue weighted by Crippen LogP contribution is -2.48. The summed E-state index contributed by atoms with van der Waals surface area (Å²) in [7, 11) is 0. The Labute approximate surface area is 251 Å². The summed E-state index contributed by atoms with van der Waals surface area (Å²) in [6, 6.07) is 12.1. The molecule has 2 aromatic heterocycles. The molecule has 1 saturated carbocycles. The van der Waals surface area contributed by atoms with Crippen LogP contribution in [0.15, 0.2) is 48.7 Å². The molecule has 0 saturated heterocycles. The van der Waals surface area contributed by atoms with E-state index in [2.05, 4.69) is 31.2 Å². The Bertz CT molecular complexity index is 1430. The molecule has 2 aliphatic rings. The number of carbonyl (C=O) groups is 4. The van der Waals surface area contributed by atoms with Crippen LogP contribution < -0.4 is 21.3 Å². The summed E-state index contributed by atoms with van der Waals surface area (Å²) in [5, 5.41) is 12.9. The molecular weight excluding hydrogens is 546 g/mol. The first-order valence-corrected chi connectivity index (χ1v) is 15.4. The van der Waals surface area contributed by atoms with Crippen LogP contribution in [-0.4, -0.2) is 77.3 Å². The van der Waals surface area contributed by atoms with Crippen LogP contribution in [-0.2, 0) is 20.8 Å². The van der Waals surface area contributed by atoms with Crippen molar-refractivity contribution in [1.82, 2.24) is 30.8 Å². The summed E-state index contributed by atoms with van der Waals surface area (Å²) in [6.45, 7) is 1.57. The van der Waals surface area contributed by atoms with E-state index in [1.165, 1.54) is 0 Å². The number of nitrogens with one attached hydrogen (secondary N) is 5. The lowest BCUT2D eigenvalue weighted by Gasteiger charge is -2.24. The number of carbonyl (C=O) groups excluding carboxylic acids is 4. The van der Waals surface area contributed by atoms with Crippen LogP contribution in [0.25, 0.3) is 10.9 Å². The molecule has 11 heteroatoms. The van der Waals surface area contributed by atoms with Crippen molar-refractivity contribution in [3.05, 3.63) is 59.9 Å². The molecule has 3 heterocycles. The smallest absolute Gasteiger partial charge is 0.270 e. The van der Waals surface area contributed by atoms with E-state index in [4.69, 9.17) is 0 Å². The minimum atomic E-state index is -0.821. The molecule has 0 unspecified atom stereocenters. The van der Waals surface area contributed by atoms with Crippen LogP contribution in [0.2, 0.25) is 0 Å². The molecular formula is C32H41N7O4. The van der Waals surface area contributed by atoms with Gasteiger partial charge < -0.3 is 31.2 Å². The first-order valence-electron chi connectivity index (χ1n) is 15.4. The largest absolute Gasteiger partial charge is 0.368 e. The van der Waals surface area contributed by atoms with Gasteiger partial charge in [0.1, 0.15) is 17.6 Å². The normalized spacial score (nSPS) is 19.9. The molecule has 2 bridgehead atoms. The van der Waals surface area contributed by atoms with Gasteiger partial charge in [-0.2, -0.15) is 0 Å². The topological polar surface area (TPSA) is 148 Å². The van der Waals surface area contributed by atoms with Crippen molar-refractivity contribution < 1.29 is 19.2 Å². The van der Waals surface area contributed by atoms with Crippen molar-refractivity contribution >= 4 is 40.3 Å². The van der Waals surface area contributed by atoms with E-state index >= 15 is 0 Å². The van der Waals surface area contributed by atoms with Gasteiger partial charge in [-0.3, -0.25) is 19.2 Å². The van der Waals surface area contributed by atoms with Crippen molar-refractivity contribution in [2.75, 3.05) is 38.0 Å². The molecule has 4 amide bonds. The molecule has 5 rings (SSSR count). The number of nitrogens with zero attached hydrogens (tertiary/aromatic N) is 2. The van der Waals surface area contributed by atoms with Crippen LogP contribution in [0.5, 0.6) is 0 Å². The summed E-state index contributed by atoms with van der Waals surface area (Å²) >= 11 is 0. The second-order valence-electron chi connectivity index (χ2n) is 11.4. The minimum absolute atomic E-state index is 0.0107. The van der Waals surface area contributed by atoms with Gasteiger partial charge in [-0.05, 0) is 55.4 Å². The summed E-state index contributed by atoms with van der Waals surface area (Å²) in [5.74, 6) is -0.0772. The monoisotopic (exact) mass is 587 g/mol. The Morgan fingerprint density at radius 2 is 1.70 bits per heavy atom. The second kappa shape index (κ2) is 14.7. The quantitative estimate of drug-likeness (QED) is 0.317. The summed E-state index contributed by atoms with van der Waals surface area (Å²) in [5.41, 5.74) is 2.06. The number of benzene rings is 1. The van der Waals surface area contributed by atoms with E-state index in [0.29, 0.717) is 63.6 Å².